The maximum absolute atomic E-state index is 13.8. The number of amides is 1. The summed E-state index contributed by atoms with van der Waals surface area (Å²) in [7, 11) is -3.94. The first-order valence-electron chi connectivity index (χ1n) is 12.8. The van der Waals surface area contributed by atoms with Gasteiger partial charge in [0.1, 0.15) is 6.54 Å². The van der Waals surface area contributed by atoms with E-state index in [0.717, 1.165) is 40.3 Å². The molecule has 200 valence electrons. The van der Waals surface area contributed by atoms with E-state index in [1.54, 1.807) is 35.2 Å². The summed E-state index contributed by atoms with van der Waals surface area (Å²) in [6.45, 7) is 8.97. The van der Waals surface area contributed by atoms with E-state index >= 15 is 0 Å². The van der Waals surface area contributed by atoms with Crippen LogP contribution in [0.2, 0.25) is 0 Å². The summed E-state index contributed by atoms with van der Waals surface area (Å²) in [5.74, 6) is 1.32. The number of hydrogen-bond donors (Lipinski definition) is 0. The normalized spacial score (nSPS) is 15.5. The molecule has 2 aliphatic heterocycles. The Labute approximate surface area is 224 Å². The van der Waals surface area contributed by atoms with Gasteiger partial charge in [-0.05, 0) is 62.2 Å². The number of ether oxygens (including phenoxy) is 2. The van der Waals surface area contributed by atoms with Crippen molar-refractivity contribution in [3.8, 4) is 11.5 Å². The fraction of sp³-hybridized carbons (Fsp3) is 0.345. The van der Waals surface area contributed by atoms with Gasteiger partial charge in [0, 0.05) is 32.7 Å². The van der Waals surface area contributed by atoms with E-state index in [-0.39, 0.29) is 24.1 Å². The average Bonchev–Trinajstić information content (AvgIpc) is 3.36. The lowest BCUT2D eigenvalue weighted by Gasteiger charge is -2.36. The maximum Gasteiger partial charge on any atom is 0.264 e. The Morgan fingerprint density at radius 3 is 2.24 bits per heavy atom. The number of carbonyl (C=O) groups is 1. The minimum Gasteiger partial charge on any atom is -0.454 e. The Hall–Kier alpha value is -3.56. The molecule has 0 unspecified atom stereocenters. The van der Waals surface area contributed by atoms with E-state index in [9.17, 15) is 13.2 Å². The minimum atomic E-state index is -3.94. The number of sulfonamides is 1. The second kappa shape index (κ2) is 10.7. The Bertz CT molecular complexity index is 1430. The zero-order chi connectivity index (χ0) is 26.9. The number of rotatable bonds is 7. The first kappa shape index (κ1) is 26.1. The molecule has 0 atom stereocenters. The first-order chi connectivity index (χ1) is 18.2. The maximum atomic E-state index is 13.8. The summed E-state index contributed by atoms with van der Waals surface area (Å²) in [6, 6.07) is 18.3. The van der Waals surface area contributed by atoms with E-state index in [1.807, 2.05) is 51.1 Å². The number of anilines is 1. The van der Waals surface area contributed by atoms with Crippen LogP contribution in [0.15, 0.2) is 65.6 Å². The molecule has 0 bridgehead atoms. The van der Waals surface area contributed by atoms with Gasteiger partial charge in [0.15, 0.2) is 11.5 Å². The summed E-state index contributed by atoms with van der Waals surface area (Å²) in [6.07, 6.45) is 0. The molecule has 0 aliphatic carbocycles. The van der Waals surface area contributed by atoms with E-state index in [2.05, 4.69) is 4.90 Å². The van der Waals surface area contributed by atoms with Crippen LogP contribution in [0.5, 0.6) is 11.5 Å². The molecule has 1 fully saturated rings. The summed E-state index contributed by atoms with van der Waals surface area (Å²) in [5, 5.41) is 0. The summed E-state index contributed by atoms with van der Waals surface area (Å²) in [4.78, 5) is 17.7. The standard InChI is InChI=1S/C29H33N3O5S/c1-21-4-8-25(9-5-21)38(34,35)32(26-10-6-22(2)16-23(26)3)19-29(33)31-14-12-30(13-15-31)18-24-7-11-27-28(17-24)37-20-36-27/h4-11,16-17H,12-15,18-20H2,1-3H3. The third-order valence-electron chi connectivity index (χ3n) is 7.08. The van der Waals surface area contributed by atoms with Gasteiger partial charge in [-0.3, -0.25) is 14.0 Å². The lowest BCUT2D eigenvalue weighted by Crippen LogP contribution is -2.51. The minimum absolute atomic E-state index is 0.171. The third-order valence-corrected chi connectivity index (χ3v) is 8.85. The second-order valence-electron chi connectivity index (χ2n) is 9.96. The molecule has 1 amide bonds. The van der Waals surface area contributed by atoms with Crippen molar-refractivity contribution >= 4 is 21.6 Å². The number of fused-ring (bicyclic) bond motifs is 1. The van der Waals surface area contributed by atoms with Crippen LogP contribution < -0.4 is 13.8 Å². The van der Waals surface area contributed by atoms with Gasteiger partial charge in [0.25, 0.3) is 10.0 Å². The zero-order valence-electron chi connectivity index (χ0n) is 22.0. The lowest BCUT2D eigenvalue weighted by atomic mass is 10.1. The number of hydrogen-bond acceptors (Lipinski definition) is 6. The van der Waals surface area contributed by atoms with Gasteiger partial charge in [-0.2, -0.15) is 0 Å². The Balaban J connectivity index is 1.29. The SMILES string of the molecule is Cc1ccc(S(=O)(=O)N(CC(=O)N2CCN(Cc3ccc4c(c3)OCO4)CC2)c2ccc(C)cc2C)cc1. The highest BCUT2D eigenvalue weighted by atomic mass is 32.2. The number of nitrogens with zero attached hydrogens (tertiary/aromatic N) is 3. The highest BCUT2D eigenvalue weighted by molar-refractivity contribution is 7.92. The quantitative estimate of drug-likeness (QED) is 0.457. The Kier molecular flexibility index (Phi) is 7.32. The molecule has 0 radical (unpaired) electrons. The van der Waals surface area contributed by atoms with Crippen molar-refractivity contribution in [2.75, 3.05) is 43.8 Å². The van der Waals surface area contributed by atoms with Crippen molar-refractivity contribution in [2.45, 2.75) is 32.2 Å². The van der Waals surface area contributed by atoms with Gasteiger partial charge in [-0.15, -0.1) is 0 Å². The molecule has 0 aromatic heterocycles. The van der Waals surface area contributed by atoms with Crippen LogP contribution in [-0.2, 0) is 21.4 Å². The molecule has 3 aromatic carbocycles. The molecule has 5 rings (SSSR count). The van der Waals surface area contributed by atoms with Crippen molar-refractivity contribution < 1.29 is 22.7 Å². The van der Waals surface area contributed by atoms with Crippen LogP contribution in [0, 0.1) is 20.8 Å². The van der Waals surface area contributed by atoms with Crippen LogP contribution in [0.1, 0.15) is 22.3 Å². The van der Waals surface area contributed by atoms with Crippen LogP contribution in [0.4, 0.5) is 5.69 Å². The van der Waals surface area contributed by atoms with Gasteiger partial charge in [0.05, 0.1) is 10.6 Å². The van der Waals surface area contributed by atoms with Crippen LogP contribution in [0.25, 0.3) is 0 Å². The topological polar surface area (TPSA) is 79.4 Å². The average molecular weight is 536 g/mol. The number of benzene rings is 3. The van der Waals surface area contributed by atoms with Gasteiger partial charge < -0.3 is 14.4 Å². The van der Waals surface area contributed by atoms with Gasteiger partial charge in [-0.25, -0.2) is 8.42 Å². The van der Waals surface area contributed by atoms with E-state index in [4.69, 9.17) is 9.47 Å². The Morgan fingerprint density at radius 2 is 1.53 bits per heavy atom. The largest absolute Gasteiger partial charge is 0.454 e. The molecule has 1 saturated heterocycles. The lowest BCUT2D eigenvalue weighted by molar-refractivity contribution is -0.131. The molecular formula is C29H33N3O5S. The molecule has 2 heterocycles. The van der Waals surface area contributed by atoms with Crippen molar-refractivity contribution in [1.29, 1.82) is 0 Å². The summed E-state index contributed by atoms with van der Waals surface area (Å²) >= 11 is 0. The number of carbonyl (C=O) groups excluding carboxylic acids is 1. The van der Waals surface area contributed by atoms with E-state index < -0.39 is 10.0 Å². The molecular weight excluding hydrogens is 502 g/mol. The van der Waals surface area contributed by atoms with Crippen molar-refractivity contribution in [1.82, 2.24) is 9.80 Å². The molecule has 0 N–H and O–H groups in total. The Morgan fingerprint density at radius 1 is 0.842 bits per heavy atom. The van der Waals surface area contributed by atoms with E-state index in [0.29, 0.717) is 31.9 Å². The second-order valence-corrected chi connectivity index (χ2v) is 11.8. The molecule has 8 nitrogen and oxygen atoms in total. The third kappa shape index (κ3) is 5.49. The highest BCUT2D eigenvalue weighted by Crippen LogP contribution is 2.33. The molecule has 0 spiro atoms. The van der Waals surface area contributed by atoms with Crippen molar-refractivity contribution in [3.05, 3.63) is 82.9 Å². The molecule has 9 heteroatoms. The van der Waals surface area contributed by atoms with E-state index in [1.165, 1.54) is 4.31 Å². The zero-order valence-corrected chi connectivity index (χ0v) is 22.8. The number of aryl methyl sites for hydroxylation is 3. The van der Waals surface area contributed by atoms with Gasteiger partial charge in [-0.1, -0.05) is 41.5 Å². The fourth-order valence-corrected chi connectivity index (χ4v) is 6.38. The predicted molar refractivity (Wildman–Crippen MR) is 146 cm³/mol. The first-order valence-corrected chi connectivity index (χ1v) is 14.2. The van der Waals surface area contributed by atoms with Crippen molar-refractivity contribution in [2.24, 2.45) is 0 Å². The molecule has 3 aromatic rings. The highest BCUT2D eigenvalue weighted by Gasteiger charge is 2.31. The van der Waals surface area contributed by atoms with Gasteiger partial charge >= 0.3 is 0 Å². The smallest absolute Gasteiger partial charge is 0.264 e. The predicted octanol–water partition coefficient (Wildman–Crippen LogP) is 3.88. The van der Waals surface area contributed by atoms with Crippen molar-refractivity contribution in [3.63, 3.8) is 0 Å². The molecule has 38 heavy (non-hydrogen) atoms. The monoisotopic (exact) mass is 535 g/mol. The van der Waals surface area contributed by atoms with Crippen LogP contribution in [0.3, 0.4) is 0 Å². The fourth-order valence-electron chi connectivity index (χ4n) is 4.90. The van der Waals surface area contributed by atoms with Crippen LogP contribution in [-0.4, -0.2) is 63.6 Å². The summed E-state index contributed by atoms with van der Waals surface area (Å²) < 4.78 is 39.7. The van der Waals surface area contributed by atoms with Crippen LogP contribution >= 0.6 is 0 Å². The molecule has 0 saturated carbocycles. The van der Waals surface area contributed by atoms with Gasteiger partial charge in [0.2, 0.25) is 12.7 Å². The summed E-state index contributed by atoms with van der Waals surface area (Å²) in [5.41, 5.74) is 4.45. The molecule has 2 aliphatic rings. The number of piperazine rings is 1.